The van der Waals surface area contributed by atoms with Crippen LogP contribution in [0.5, 0.6) is 23.0 Å². The van der Waals surface area contributed by atoms with Crippen LogP contribution in [0.3, 0.4) is 0 Å². The minimum atomic E-state index is -0.780. The molecule has 162 valence electrons. The van der Waals surface area contributed by atoms with Crippen molar-refractivity contribution in [1.29, 1.82) is 0 Å². The Bertz CT molecular complexity index is 912. The van der Waals surface area contributed by atoms with E-state index in [1.165, 1.54) is 45.6 Å². The van der Waals surface area contributed by atoms with E-state index in [1.807, 2.05) is 0 Å². The van der Waals surface area contributed by atoms with Crippen molar-refractivity contribution in [3.63, 3.8) is 0 Å². The van der Waals surface area contributed by atoms with Gasteiger partial charge in [-0.1, -0.05) is 34.8 Å². The molecule has 0 aliphatic rings. The number of benzene rings is 2. The first-order valence-corrected chi connectivity index (χ1v) is 9.45. The second-order valence-corrected chi connectivity index (χ2v) is 6.83. The number of carbonyl (C=O) groups excluding carboxylic acids is 2. The number of ether oxygens (including phenoxy) is 5. The van der Waals surface area contributed by atoms with E-state index >= 15 is 0 Å². The number of carbonyl (C=O) groups is 2. The molecule has 0 aliphatic carbocycles. The van der Waals surface area contributed by atoms with Crippen LogP contribution in [0.15, 0.2) is 24.3 Å². The van der Waals surface area contributed by atoms with E-state index in [4.69, 9.17) is 58.5 Å². The Kier molecular flexibility index (Phi) is 8.71. The van der Waals surface area contributed by atoms with E-state index in [0.29, 0.717) is 22.9 Å². The summed E-state index contributed by atoms with van der Waals surface area (Å²) in [5.74, 6) is -0.109. The van der Waals surface area contributed by atoms with Crippen molar-refractivity contribution in [3.8, 4) is 23.0 Å². The zero-order valence-electron chi connectivity index (χ0n) is 16.2. The number of hydrogen-bond donors (Lipinski definition) is 1. The standard InChI is InChI=1S/C19H18Cl3NO7/c1-26-15-4-10(5-16(27-2)19(15)28-3)23-17(24)8-30-18(25)9-29-14-7-12(21)11(20)6-13(14)22/h4-7H,8-9H2,1-3H3,(H,23,24). The van der Waals surface area contributed by atoms with Crippen molar-refractivity contribution in [2.24, 2.45) is 0 Å². The second kappa shape index (κ2) is 11.0. The highest BCUT2D eigenvalue weighted by molar-refractivity contribution is 6.43. The Morgan fingerprint density at radius 3 is 1.97 bits per heavy atom. The molecule has 0 unspecified atom stereocenters. The van der Waals surface area contributed by atoms with Gasteiger partial charge in [-0.3, -0.25) is 4.79 Å². The number of amides is 1. The average molecular weight is 479 g/mol. The topological polar surface area (TPSA) is 92.3 Å². The van der Waals surface area contributed by atoms with E-state index in [2.05, 4.69) is 5.32 Å². The lowest BCUT2D eigenvalue weighted by molar-refractivity contribution is -0.149. The molecule has 2 aromatic carbocycles. The van der Waals surface area contributed by atoms with Gasteiger partial charge in [0.05, 0.1) is 36.4 Å². The average Bonchev–Trinajstić information content (AvgIpc) is 2.73. The molecule has 8 nitrogen and oxygen atoms in total. The summed E-state index contributed by atoms with van der Waals surface area (Å²) in [6, 6.07) is 5.83. The lowest BCUT2D eigenvalue weighted by Gasteiger charge is -2.14. The van der Waals surface area contributed by atoms with Crippen LogP contribution in [-0.4, -0.2) is 46.4 Å². The molecule has 0 heterocycles. The Morgan fingerprint density at radius 1 is 0.800 bits per heavy atom. The first-order valence-electron chi connectivity index (χ1n) is 8.31. The minimum absolute atomic E-state index is 0.157. The summed E-state index contributed by atoms with van der Waals surface area (Å²) in [6.07, 6.45) is 0. The highest BCUT2D eigenvalue weighted by Gasteiger charge is 2.16. The van der Waals surface area contributed by atoms with Gasteiger partial charge in [-0.05, 0) is 6.07 Å². The van der Waals surface area contributed by atoms with Crippen molar-refractivity contribution in [1.82, 2.24) is 0 Å². The zero-order valence-corrected chi connectivity index (χ0v) is 18.5. The van der Waals surface area contributed by atoms with Crippen LogP contribution < -0.4 is 24.3 Å². The van der Waals surface area contributed by atoms with Crippen LogP contribution in [0.4, 0.5) is 5.69 Å². The SMILES string of the molecule is COc1cc(NC(=O)COC(=O)COc2cc(Cl)c(Cl)cc2Cl)cc(OC)c1OC. The molecule has 1 N–H and O–H groups in total. The molecular weight excluding hydrogens is 461 g/mol. The van der Waals surface area contributed by atoms with E-state index in [-0.39, 0.29) is 20.8 Å². The third-order valence-electron chi connectivity index (χ3n) is 3.63. The Hall–Kier alpha value is -2.55. The van der Waals surface area contributed by atoms with Gasteiger partial charge in [0.2, 0.25) is 5.75 Å². The van der Waals surface area contributed by atoms with E-state index in [1.54, 1.807) is 0 Å². The number of esters is 1. The van der Waals surface area contributed by atoms with Crippen molar-refractivity contribution < 1.29 is 33.3 Å². The first-order chi connectivity index (χ1) is 14.3. The molecule has 2 rings (SSSR count). The van der Waals surface area contributed by atoms with E-state index in [0.717, 1.165) is 0 Å². The fourth-order valence-electron chi connectivity index (χ4n) is 2.29. The van der Waals surface area contributed by atoms with Gasteiger partial charge in [-0.15, -0.1) is 0 Å². The molecule has 1 amide bonds. The molecular formula is C19H18Cl3NO7. The smallest absolute Gasteiger partial charge is 0.344 e. The van der Waals surface area contributed by atoms with Crippen molar-refractivity contribution in [2.75, 3.05) is 39.9 Å². The fourth-order valence-corrected chi connectivity index (χ4v) is 2.88. The van der Waals surface area contributed by atoms with Crippen LogP contribution in [0, 0.1) is 0 Å². The molecule has 30 heavy (non-hydrogen) atoms. The number of halogens is 3. The van der Waals surface area contributed by atoms with Gasteiger partial charge in [0.25, 0.3) is 5.91 Å². The van der Waals surface area contributed by atoms with Crippen molar-refractivity contribution in [3.05, 3.63) is 39.3 Å². The maximum atomic E-state index is 12.1. The predicted octanol–water partition coefficient (Wildman–Crippen LogP) is 4.23. The quantitative estimate of drug-likeness (QED) is 0.426. The number of anilines is 1. The molecule has 0 spiro atoms. The van der Waals surface area contributed by atoms with Gasteiger partial charge in [0.15, 0.2) is 24.7 Å². The maximum absolute atomic E-state index is 12.1. The molecule has 0 aliphatic heterocycles. The minimum Gasteiger partial charge on any atom is -0.493 e. The third kappa shape index (κ3) is 6.22. The van der Waals surface area contributed by atoms with Crippen LogP contribution >= 0.6 is 34.8 Å². The zero-order chi connectivity index (χ0) is 22.3. The Balaban J connectivity index is 1.90. The third-order valence-corrected chi connectivity index (χ3v) is 4.65. The van der Waals surface area contributed by atoms with Crippen molar-refractivity contribution >= 4 is 52.4 Å². The summed E-state index contributed by atoms with van der Waals surface area (Å²) < 4.78 is 25.8. The van der Waals surface area contributed by atoms with Gasteiger partial charge in [-0.2, -0.15) is 0 Å². The first kappa shape index (κ1) is 23.7. The summed E-state index contributed by atoms with van der Waals surface area (Å²) in [7, 11) is 4.36. The molecule has 0 atom stereocenters. The van der Waals surface area contributed by atoms with Gasteiger partial charge >= 0.3 is 5.97 Å². The highest BCUT2D eigenvalue weighted by atomic mass is 35.5. The van der Waals surface area contributed by atoms with Crippen molar-refractivity contribution in [2.45, 2.75) is 0 Å². The van der Waals surface area contributed by atoms with Crippen LogP contribution in [-0.2, 0) is 14.3 Å². The summed E-state index contributed by atoms with van der Waals surface area (Å²) in [5.41, 5.74) is 0.365. The number of hydrogen-bond acceptors (Lipinski definition) is 7. The van der Waals surface area contributed by atoms with Gasteiger partial charge in [-0.25, -0.2) is 4.79 Å². The normalized spacial score (nSPS) is 10.2. The Morgan fingerprint density at radius 2 is 1.40 bits per heavy atom. The molecule has 0 bridgehead atoms. The number of nitrogens with one attached hydrogen (secondary N) is 1. The lowest BCUT2D eigenvalue weighted by atomic mass is 10.2. The molecule has 0 fully saturated rings. The van der Waals surface area contributed by atoms with Crippen LogP contribution in [0.2, 0.25) is 15.1 Å². The van der Waals surface area contributed by atoms with Crippen LogP contribution in [0.25, 0.3) is 0 Å². The summed E-state index contributed by atoms with van der Waals surface area (Å²) in [6.45, 7) is -1.01. The molecule has 11 heteroatoms. The maximum Gasteiger partial charge on any atom is 0.344 e. The van der Waals surface area contributed by atoms with E-state index in [9.17, 15) is 9.59 Å². The van der Waals surface area contributed by atoms with Gasteiger partial charge in [0, 0.05) is 23.9 Å². The van der Waals surface area contributed by atoms with E-state index < -0.39 is 25.1 Å². The molecule has 2 aromatic rings. The molecule has 0 radical (unpaired) electrons. The summed E-state index contributed by atoms with van der Waals surface area (Å²) in [4.78, 5) is 23.9. The second-order valence-electron chi connectivity index (χ2n) is 5.61. The van der Waals surface area contributed by atoms with Gasteiger partial charge in [0.1, 0.15) is 5.75 Å². The summed E-state index contributed by atoms with van der Waals surface area (Å²) in [5, 5.41) is 3.21. The lowest BCUT2D eigenvalue weighted by Crippen LogP contribution is -2.23. The molecule has 0 aromatic heterocycles. The largest absolute Gasteiger partial charge is 0.493 e. The Labute approximate surface area is 187 Å². The molecule has 0 saturated carbocycles. The fraction of sp³-hybridized carbons (Fsp3) is 0.263. The predicted molar refractivity (Wildman–Crippen MR) is 113 cm³/mol. The highest BCUT2D eigenvalue weighted by Crippen LogP contribution is 2.40. The summed E-state index contributed by atoms with van der Waals surface area (Å²) >= 11 is 17.7. The number of rotatable bonds is 9. The monoisotopic (exact) mass is 477 g/mol. The number of methoxy groups -OCH3 is 3. The molecule has 0 saturated heterocycles. The van der Waals surface area contributed by atoms with Gasteiger partial charge < -0.3 is 29.0 Å². The van der Waals surface area contributed by atoms with Crippen LogP contribution in [0.1, 0.15) is 0 Å².